The number of fused-ring (bicyclic) bond motifs is 1. The quantitative estimate of drug-likeness (QED) is 0.611. The highest BCUT2D eigenvalue weighted by molar-refractivity contribution is 7.17. The molecule has 1 N–H and O–H groups in total. The number of hydrogen-bond donors (Lipinski definition) is 1. The Labute approximate surface area is 137 Å². The molecule has 1 atom stereocenters. The summed E-state index contributed by atoms with van der Waals surface area (Å²) in [6, 6.07) is 14.1. The Bertz CT molecular complexity index is 918. The summed E-state index contributed by atoms with van der Waals surface area (Å²) in [5.74, 6) is 0.819. The number of ether oxygens (including phenoxy) is 1. The summed E-state index contributed by atoms with van der Waals surface area (Å²) >= 11 is 1.63. The van der Waals surface area contributed by atoms with Crippen LogP contribution in [0.2, 0.25) is 0 Å². The third-order valence-corrected chi connectivity index (χ3v) is 4.52. The summed E-state index contributed by atoms with van der Waals surface area (Å²) in [4.78, 5) is 4.73. The molecule has 0 amide bonds. The molecule has 1 unspecified atom stereocenters. The maximum atomic E-state index is 6.14. The maximum Gasteiger partial charge on any atom is 0.141 e. The number of pyridine rings is 1. The molecule has 0 aliphatic carbocycles. The molecule has 4 aromatic rings. The first kappa shape index (κ1) is 13.9. The number of nitrogens with zero attached hydrogens (tertiary/aromatic N) is 3. The molecule has 114 valence electrons. The molecule has 0 bridgehead atoms. The Morgan fingerprint density at radius 3 is 2.83 bits per heavy atom. The van der Waals surface area contributed by atoms with Gasteiger partial charge in [0.15, 0.2) is 0 Å². The Kier molecular flexibility index (Phi) is 3.51. The Balaban J connectivity index is 1.77. The van der Waals surface area contributed by atoms with Crippen LogP contribution in [-0.4, -0.2) is 20.4 Å². The lowest BCUT2D eigenvalue weighted by molar-refractivity contribution is 0.225. The molecule has 0 aliphatic heterocycles. The molecular formula is C17H14N4OS. The second-order valence-electron chi connectivity index (χ2n) is 5.17. The highest BCUT2D eigenvalue weighted by atomic mass is 32.1. The van der Waals surface area contributed by atoms with Crippen molar-refractivity contribution >= 4 is 21.6 Å². The molecule has 0 aliphatic rings. The van der Waals surface area contributed by atoms with Crippen LogP contribution in [0.5, 0.6) is 5.75 Å². The second kappa shape index (κ2) is 5.81. The van der Waals surface area contributed by atoms with Crippen LogP contribution in [0.1, 0.15) is 18.7 Å². The van der Waals surface area contributed by atoms with Crippen LogP contribution < -0.4 is 4.74 Å². The normalized spacial score (nSPS) is 12.4. The van der Waals surface area contributed by atoms with Crippen molar-refractivity contribution in [3.63, 3.8) is 0 Å². The lowest BCUT2D eigenvalue weighted by Gasteiger charge is -2.14. The molecule has 0 fully saturated rings. The highest BCUT2D eigenvalue weighted by Crippen LogP contribution is 2.35. The fourth-order valence-electron chi connectivity index (χ4n) is 2.43. The monoisotopic (exact) mass is 322 g/mol. The second-order valence-corrected chi connectivity index (χ2v) is 6.08. The predicted molar refractivity (Wildman–Crippen MR) is 90.5 cm³/mol. The van der Waals surface area contributed by atoms with Crippen molar-refractivity contribution in [2.45, 2.75) is 13.0 Å². The van der Waals surface area contributed by atoms with E-state index in [1.54, 1.807) is 17.5 Å². The fraction of sp³-hybridized carbons (Fsp3) is 0.118. The summed E-state index contributed by atoms with van der Waals surface area (Å²) in [7, 11) is 0. The van der Waals surface area contributed by atoms with E-state index in [-0.39, 0.29) is 6.10 Å². The minimum Gasteiger partial charge on any atom is -0.483 e. The molecule has 1 aromatic carbocycles. The minimum atomic E-state index is -0.190. The maximum absolute atomic E-state index is 6.14. The smallest absolute Gasteiger partial charge is 0.141 e. The van der Waals surface area contributed by atoms with E-state index in [1.807, 2.05) is 54.8 Å². The number of H-pyrrole nitrogens is 1. The van der Waals surface area contributed by atoms with Crippen LogP contribution in [0.15, 0.2) is 54.0 Å². The molecular weight excluding hydrogens is 308 g/mol. The number of benzene rings is 1. The minimum absolute atomic E-state index is 0.190. The summed E-state index contributed by atoms with van der Waals surface area (Å²) in [5.41, 5.74) is 3.69. The van der Waals surface area contributed by atoms with Crippen LogP contribution >= 0.6 is 11.3 Å². The molecule has 0 radical (unpaired) electrons. The fourth-order valence-corrected chi connectivity index (χ4v) is 3.22. The zero-order valence-electron chi connectivity index (χ0n) is 12.4. The summed E-state index contributed by atoms with van der Waals surface area (Å²) in [6.45, 7) is 1.96. The van der Waals surface area contributed by atoms with E-state index in [4.69, 9.17) is 9.72 Å². The topological polar surface area (TPSA) is 63.7 Å². The van der Waals surface area contributed by atoms with E-state index < -0.39 is 0 Å². The molecule has 4 rings (SSSR count). The van der Waals surface area contributed by atoms with Gasteiger partial charge >= 0.3 is 0 Å². The first-order chi connectivity index (χ1) is 11.3. The number of aromatic amines is 1. The summed E-state index contributed by atoms with van der Waals surface area (Å²) < 4.78 is 7.18. The van der Waals surface area contributed by atoms with Gasteiger partial charge in [0.1, 0.15) is 17.5 Å². The van der Waals surface area contributed by atoms with Gasteiger partial charge in [-0.15, -0.1) is 16.4 Å². The highest BCUT2D eigenvalue weighted by Gasteiger charge is 2.15. The van der Waals surface area contributed by atoms with Crippen LogP contribution in [-0.2, 0) is 0 Å². The van der Waals surface area contributed by atoms with Gasteiger partial charge in [0.2, 0.25) is 0 Å². The van der Waals surface area contributed by atoms with Crippen molar-refractivity contribution < 1.29 is 4.74 Å². The van der Waals surface area contributed by atoms with Crippen LogP contribution in [0.3, 0.4) is 0 Å². The Morgan fingerprint density at radius 1 is 1.17 bits per heavy atom. The first-order valence-electron chi connectivity index (χ1n) is 7.28. The van der Waals surface area contributed by atoms with Crippen molar-refractivity contribution in [1.29, 1.82) is 0 Å². The van der Waals surface area contributed by atoms with Crippen molar-refractivity contribution in [3.8, 4) is 17.0 Å². The van der Waals surface area contributed by atoms with E-state index >= 15 is 0 Å². The van der Waals surface area contributed by atoms with E-state index in [0.29, 0.717) is 0 Å². The summed E-state index contributed by atoms with van der Waals surface area (Å²) in [6.07, 6.45) is 1.56. The van der Waals surface area contributed by atoms with Gasteiger partial charge < -0.3 is 4.74 Å². The number of nitrogens with one attached hydrogen (secondary N) is 1. The van der Waals surface area contributed by atoms with Crippen molar-refractivity contribution in [2.24, 2.45) is 0 Å². The van der Waals surface area contributed by atoms with Gasteiger partial charge in [-0.3, -0.25) is 5.10 Å². The van der Waals surface area contributed by atoms with E-state index in [1.165, 1.54) is 0 Å². The van der Waals surface area contributed by atoms with Crippen molar-refractivity contribution in [2.75, 3.05) is 0 Å². The van der Waals surface area contributed by atoms with Crippen LogP contribution in [0.25, 0.3) is 21.5 Å². The lowest BCUT2D eigenvalue weighted by Crippen LogP contribution is -2.04. The standard InChI is InChI=1S/C17H14N4OS/c1-11(15-10-18-21-20-15)22-16-9-14(12-5-3-2-4-6-12)19-13-7-8-23-17(13)16/h2-11H,1H3,(H,18,20,21). The largest absolute Gasteiger partial charge is 0.483 e. The number of thiophene rings is 1. The number of hydrogen-bond acceptors (Lipinski definition) is 5. The molecule has 5 nitrogen and oxygen atoms in total. The van der Waals surface area contributed by atoms with E-state index in [0.717, 1.165) is 32.9 Å². The van der Waals surface area contributed by atoms with Gasteiger partial charge in [-0.2, -0.15) is 0 Å². The third kappa shape index (κ3) is 2.68. The van der Waals surface area contributed by atoms with Crippen molar-refractivity contribution in [1.82, 2.24) is 20.4 Å². The van der Waals surface area contributed by atoms with Crippen LogP contribution in [0, 0.1) is 0 Å². The van der Waals surface area contributed by atoms with Gasteiger partial charge in [-0.25, -0.2) is 4.98 Å². The Morgan fingerprint density at radius 2 is 2.04 bits per heavy atom. The lowest BCUT2D eigenvalue weighted by atomic mass is 10.1. The zero-order valence-corrected chi connectivity index (χ0v) is 13.2. The summed E-state index contributed by atoms with van der Waals surface area (Å²) in [5, 5.41) is 12.5. The molecule has 3 aromatic heterocycles. The average molecular weight is 322 g/mol. The zero-order chi connectivity index (χ0) is 15.6. The number of aromatic nitrogens is 4. The average Bonchev–Trinajstić information content (AvgIpc) is 3.27. The SMILES string of the molecule is CC(Oc1cc(-c2ccccc2)nc2ccsc12)c1c[nH]nn1. The molecule has 0 saturated heterocycles. The van der Waals surface area contributed by atoms with Crippen LogP contribution in [0.4, 0.5) is 0 Å². The number of rotatable bonds is 4. The predicted octanol–water partition coefficient (Wildman–Crippen LogP) is 4.22. The van der Waals surface area contributed by atoms with Gasteiger partial charge in [0, 0.05) is 17.8 Å². The molecule has 23 heavy (non-hydrogen) atoms. The molecule has 3 heterocycles. The third-order valence-electron chi connectivity index (χ3n) is 3.60. The van der Waals surface area contributed by atoms with Crippen molar-refractivity contribution in [3.05, 3.63) is 59.7 Å². The molecule has 0 spiro atoms. The van der Waals surface area contributed by atoms with E-state index in [2.05, 4.69) is 15.4 Å². The van der Waals surface area contributed by atoms with Gasteiger partial charge in [0.25, 0.3) is 0 Å². The van der Waals surface area contributed by atoms with E-state index in [9.17, 15) is 0 Å². The molecule has 6 heteroatoms. The van der Waals surface area contributed by atoms with Gasteiger partial charge in [-0.05, 0) is 18.4 Å². The first-order valence-corrected chi connectivity index (χ1v) is 8.16. The molecule has 0 saturated carbocycles. The van der Waals surface area contributed by atoms with Gasteiger partial charge in [0.05, 0.1) is 15.9 Å². The Hall–Kier alpha value is -2.73. The van der Waals surface area contributed by atoms with Gasteiger partial charge in [-0.1, -0.05) is 35.5 Å².